The molecule has 0 spiro atoms. The molecule has 0 heterocycles. The fourth-order valence-corrected chi connectivity index (χ4v) is 11.6. The Morgan fingerprint density at radius 1 is 0.337 bits per heavy atom. The van der Waals surface area contributed by atoms with Gasteiger partial charge in [0, 0.05) is 12.8 Å². The zero-order valence-corrected chi connectivity index (χ0v) is 55.9. The zero-order valence-electron chi connectivity index (χ0n) is 55.9. The predicted molar refractivity (Wildman–Crippen MR) is 366 cm³/mol. The van der Waals surface area contributed by atoms with Gasteiger partial charge >= 0.3 is 5.97 Å². The number of hydrogen-bond donors (Lipinski definition) is 3. The quantitative estimate of drug-likeness (QED) is 0.0320. The molecule has 0 aliphatic rings. The minimum Gasteiger partial charge on any atom is -0.466 e. The number of nitrogens with one attached hydrogen (secondary N) is 1. The van der Waals surface area contributed by atoms with Crippen molar-refractivity contribution in [2.75, 3.05) is 13.2 Å². The van der Waals surface area contributed by atoms with Crippen molar-refractivity contribution >= 4 is 11.9 Å². The van der Waals surface area contributed by atoms with E-state index in [-0.39, 0.29) is 18.5 Å². The number of hydrogen-bond acceptors (Lipinski definition) is 5. The molecule has 0 aliphatic heterocycles. The maximum atomic E-state index is 12.5. The topological polar surface area (TPSA) is 95.9 Å². The van der Waals surface area contributed by atoms with E-state index in [1.807, 2.05) is 6.08 Å². The van der Waals surface area contributed by atoms with Gasteiger partial charge in [0.1, 0.15) is 0 Å². The van der Waals surface area contributed by atoms with Crippen LogP contribution in [0.4, 0.5) is 0 Å². The number of aliphatic hydroxyl groups is 2. The van der Waals surface area contributed by atoms with Crippen molar-refractivity contribution in [2.24, 2.45) is 0 Å². The Hall–Kier alpha value is -2.18. The largest absolute Gasteiger partial charge is 0.466 e. The van der Waals surface area contributed by atoms with Crippen LogP contribution in [-0.2, 0) is 14.3 Å². The van der Waals surface area contributed by atoms with Crippen LogP contribution in [0.3, 0.4) is 0 Å². The Labute approximate surface area is 518 Å². The Morgan fingerprint density at radius 2 is 0.602 bits per heavy atom. The van der Waals surface area contributed by atoms with Gasteiger partial charge in [-0.05, 0) is 89.9 Å². The first-order valence-corrected chi connectivity index (χ1v) is 37.4. The monoisotopic (exact) mass is 1160 g/mol. The lowest BCUT2D eigenvalue weighted by Crippen LogP contribution is -2.45. The molecule has 6 nitrogen and oxygen atoms in total. The maximum Gasteiger partial charge on any atom is 0.305 e. The molecule has 0 aromatic rings. The summed E-state index contributed by atoms with van der Waals surface area (Å²) in [6.07, 6.45) is 94.9. The molecule has 0 aromatic carbocycles. The second-order valence-electron chi connectivity index (χ2n) is 25.6. The summed E-state index contributed by atoms with van der Waals surface area (Å²) < 4.78 is 5.50. The van der Waals surface area contributed by atoms with Gasteiger partial charge in [0.15, 0.2) is 0 Å². The van der Waals surface area contributed by atoms with Gasteiger partial charge in [-0.2, -0.15) is 0 Å². The summed E-state index contributed by atoms with van der Waals surface area (Å²) in [7, 11) is 0. The van der Waals surface area contributed by atoms with E-state index >= 15 is 0 Å². The van der Waals surface area contributed by atoms with Crippen LogP contribution in [0.5, 0.6) is 0 Å². The van der Waals surface area contributed by atoms with Gasteiger partial charge in [-0.15, -0.1) is 0 Å². The summed E-state index contributed by atoms with van der Waals surface area (Å²) in [4.78, 5) is 24.6. The average Bonchev–Trinajstić information content (AvgIpc) is 3.49. The third-order valence-corrected chi connectivity index (χ3v) is 17.3. The van der Waals surface area contributed by atoms with E-state index in [9.17, 15) is 19.8 Å². The molecule has 0 rings (SSSR count). The fourth-order valence-electron chi connectivity index (χ4n) is 11.6. The molecule has 0 aromatic heterocycles. The summed E-state index contributed by atoms with van der Waals surface area (Å²) in [5, 5.41) is 23.3. The van der Waals surface area contributed by atoms with Gasteiger partial charge < -0.3 is 20.3 Å². The summed E-state index contributed by atoms with van der Waals surface area (Å²) >= 11 is 0. The lowest BCUT2D eigenvalue weighted by atomic mass is 10.0. The average molecular weight is 1170 g/mol. The Kier molecular flexibility index (Phi) is 70.4. The summed E-state index contributed by atoms with van der Waals surface area (Å²) in [6, 6.07) is -0.635. The summed E-state index contributed by atoms with van der Waals surface area (Å²) in [5.74, 6) is -0.0644. The molecule has 3 N–H and O–H groups in total. The molecule has 0 saturated heterocycles. The first-order chi connectivity index (χ1) is 41.0. The standard InChI is InChI=1S/C77H145NO5/c1-3-5-7-9-11-13-15-17-19-21-23-24-28-31-34-37-41-45-49-53-57-61-65-69-75(80)74(73-79)78-76(81)70-66-62-58-54-50-46-42-38-35-32-29-26-25-27-30-33-36-40-44-48-52-56-60-64-68-72-83-77(82)71-67-63-59-55-51-47-43-39-22-20-18-16-14-12-10-8-6-4-2/h20,22,26-27,29-30,65,69,74-75,79-80H,3-19,21,23-25,28,31-64,66-68,70-73H2,1-2H3,(H,78,81)/b22-20-,29-26-,30-27-,69-65+. The van der Waals surface area contributed by atoms with Crippen molar-refractivity contribution in [2.45, 2.75) is 418 Å². The molecule has 2 atom stereocenters. The number of amides is 1. The van der Waals surface area contributed by atoms with E-state index in [0.29, 0.717) is 19.4 Å². The number of unbranched alkanes of at least 4 members (excludes halogenated alkanes) is 53. The first-order valence-electron chi connectivity index (χ1n) is 37.4. The smallest absolute Gasteiger partial charge is 0.305 e. The minimum absolute atomic E-state index is 0.00613. The summed E-state index contributed by atoms with van der Waals surface area (Å²) in [5.41, 5.74) is 0. The molecule has 2 unspecified atom stereocenters. The van der Waals surface area contributed by atoms with Gasteiger partial charge in [0.05, 0.1) is 25.4 Å². The molecular weight excluding hydrogens is 1020 g/mol. The van der Waals surface area contributed by atoms with E-state index in [2.05, 4.69) is 55.6 Å². The highest BCUT2D eigenvalue weighted by atomic mass is 16.5. The third kappa shape index (κ3) is 68.8. The van der Waals surface area contributed by atoms with Crippen molar-refractivity contribution < 1.29 is 24.5 Å². The lowest BCUT2D eigenvalue weighted by Gasteiger charge is -2.20. The van der Waals surface area contributed by atoms with Crippen LogP contribution >= 0.6 is 0 Å². The third-order valence-electron chi connectivity index (χ3n) is 17.3. The number of rotatable bonds is 70. The molecule has 6 heteroatoms. The van der Waals surface area contributed by atoms with Crippen molar-refractivity contribution in [1.29, 1.82) is 0 Å². The van der Waals surface area contributed by atoms with Gasteiger partial charge in [0.25, 0.3) is 0 Å². The molecule has 488 valence electrons. The van der Waals surface area contributed by atoms with E-state index in [4.69, 9.17) is 4.74 Å². The van der Waals surface area contributed by atoms with Crippen LogP contribution in [0, 0.1) is 0 Å². The van der Waals surface area contributed by atoms with Gasteiger partial charge in [-0.25, -0.2) is 0 Å². The summed E-state index contributed by atoms with van der Waals surface area (Å²) in [6.45, 7) is 4.93. The molecule has 0 radical (unpaired) electrons. The number of esters is 1. The zero-order chi connectivity index (χ0) is 59.9. The van der Waals surface area contributed by atoms with E-state index < -0.39 is 12.1 Å². The number of carbonyl (C=O) groups excluding carboxylic acids is 2. The van der Waals surface area contributed by atoms with Crippen LogP contribution in [0.25, 0.3) is 0 Å². The molecule has 83 heavy (non-hydrogen) atoms. The van der Waals surface area contributed by atoms with Crippen molar-refractivity contribution in [3.05, 3.63) is 48.6 Å². The van der Waals surface area contributed by atoms with E-state index in [1.165, 1.54) is 327 Å². The highest BCUT2D eigenvalue weighted by Gasteiger charge is 2.18. The second-order valence-corrected chi connectivity index (χ2v) is 25.6. The predicted octanol–water partition coefficient (Wildman–Crippen LogP) is 24.4. The van der Waals surface area contributed by atoms with E-state index in [0.717, 1.165) is 51.4 Å². The number of carbonyl (C=O) groups is 2. The number of allylic oxidation sites excluding steroid dienone is 7. The van der Waals surface area contributed by atoms with Gasteiger partial charge in [0.2, 0.25) is 5.91 Å². The molecule has 0 fully saturated rings. The fraction of sp³-hybridized carbons (Fsp3) is 0.870. The van der Waals surface area contributed by atoms with E-state index in [1.54, 1.807) is 6.08 Å². The SMILES string of the molecule is CCCCCCCCC/C=C\CCCCCCCCCC(=O)OCCCCCCCCCCC/C=C\C/C=C\CCCCCCCCCCCC(=O)NC(CO)C(O)/C=C/CCCCCCCCCCCCCCCCCCCCCCC. The van der Waals surface area contributed by atoms with Crippen LogP contribution in [0.1, 0.15) is 406 Å². The molecule has 1 amide bonds. The van der Waals surface area contributed by atoms with Gasteiger partial charge in [-0.1, -0.05) is 351 Å². The Bertz CT molecular complexity index is 1390. The van der Waals surface area contributed by atoms with Crippen molar-refractivity contribution in [3.63, 3.8) is 0 Å². The molecule has 0 saturated carbocycles. The van der Waals surface area contributed by atoms with Crippen LogP contribution in [-0.4, -0.2) is 47.4 Å². The highest BCUT2D eigenvalue weighted by Crippen LogP contribution is 2.18. The van der Waals surface area contributed by atoms with Crippen LogP contribution in [0.2, 0.25) is 0 Å². The molecular formula is C77H145NO5. The molecule has 0 bridgehead atoms. The lowest BCUT2D eigenvalue weighted by molar-refractivity contribution is -0.143. The normalized spacial score (nSPS) is 12.8. The van der Waals surface area contributed by atoms with Crippen LogP contribution < -0.4 is 5.32 Å². The van der Waals surface area contributed by atoms with Crippen LogP contribution in [0.15, 0.2) is 48.6 Å². The maximum absolute atomic E-state index is 12.5. The second kappa shape index (κ2) is 72.3. The van der Waals surface area contributed by atoms with Gasteiger partial charge in [-0.3, -0.25) is 9.59 Å². The molecule has 0 aliphatic carbocycles. The number of aliphatic hydroxyl groups excluding tert-OH is 2. The Balaban J connectivity index is 3.45. The Morgan fingerprint density at radius 3 is 0.928 bits per heavy atom. The first kappa shape index (κ1) is 80.8. The van der Waals surface area contributed by atoms with Crippen molar-refractivity contribution in [1.82, 2.24) is 5.32 Å². The highest BCUT2D eigenvalue weighted by molar-refractivity contribution is 5.76. The minimum atomic E-state index is -0.851. The van der Waals surface area contributed by atoms with Crippen molar-refractivity contribution in [3.8, 4) is 0 Å². The number of ether oxygens (including phenoxy) is 1.